The Kier molecular flexibility index (Phi) is 3.98. The topological polar surface area (TPSA) is 58.6 Å². The van der Waals surface area contributed by atoms with Gasteiger partial charge in [-0.2, -0.15) is 0 Å². The van der Waals surface area contributed by atoms with E-state index in [0.29, 0.717) is 6.61 Å². The van der Waals surface area contributed by atoms with E-state index in [1.807, 2.05) is 24.3 Å². The van der Waals surface area contributed by atoms with Crippen LogP contribution in [0.5, 0.6) is 0 Å². The van der Waals surface area contributed by atoms with Crippen molar-refractivity contribution in [2.24, 2.45) is 0 Å². The largest absolute Gasteiger partial charge is 0.449 e. The number of alkyl carbamates (subject to hydrolysis) is 1. The molecule has 1 amide bonds. The number of carbonyl (C=O) groups is 1. The smallest absolute Gasteiger partial charge is 0.407 e. The summed E-state index contributed by atoms with van der Waals surface area (Å²) < 4.78 is 5.49. The molecule has 1 saturated carbocycles. The van der Waals surface area contributed by atoms with E-state index in [1.54, 1.807) is 0 Å². The number of hydrogen-bond donors (Lipinski definition) is 2. The number of carbonyl (C=O) groups excluding carboxylic acids is 1. The molecule has 0 bridgehead atoms. The average molecular weight is 323 g/mol. The molecule has 2 aromatic rings. The Balaban J connectivity index is 1.47. The minimum atomic E-state index is -0.453. The molecule has 2 atom stereocenters. The van der Waals surface area contributed by atoms with Crippen molar-refractivity contribution in [3.8, 4) is 11.1 Å². The number of fused-ring (bicyclic) bond motifs is 3. The standard InChI is InChI=1S/C20H21NO3/c22-19-11-5-10-18(19)21-20(23)24-12-17-15-8-3-1-6-13(15)14-7-2-4-9-16(14)17/h1-4,6-9,17-19,22H,5,10-12H2,(H,21,23)/t18-,19-/m1/s1. The van der Waals surface area contributed by atoms with Crippen LogP contribution in [0, 0.1) is 0 Å². The van der Waals surface area contributed by atoms with Crippen LogP contribution >= 0.6 is 0 Å². The van der Waals surface area contributed by atoms with Crippen LogP contribution in [0.25, 0.3) is 11.1 Å². The molecule has 2 N–H and O–H groups in total. The van der Waals surface area contributed by atoms with Gasteiger partial charge in [-0.3, -0.25) is 0 Å². The van der Waals surface area contributed by atoms with Crippen molar-refractivity contribution < 1.29 is 14.6 Å². The summed E-state index contributed by atoms with van der Waals surface area (Å²) in [5.41, 5.74) is 4.83. The van der Waals surface area contributed by atoms with E-state index in [9.17, 15) is 9.90 Å². The van der Waals surface area contributed by atoms with Crippen molar-refractivity contribution in [2.75, 3.05) is 6.61 Å². The molecular weight excluding hydrogens is 302 g/mol. The quantitative estimate of drug-likeness (QED) is 0.910. The van der Waals surface area contributed by atoms with Crippen LogP contribution in [0.1, 0.15) is 36.3 Å². The predicted octanol–water partition coefficient (Wildman–Crippen LogP) is 3.44. The van der Waals surface area contributed by atoms with Crippen molar-refractivity contribution in [1.29, 1.82) is 0 Å². The highest BCUT2D eigenvalue weighted by molar-refractivity contribution is 5.79. The fraction of sp³-hybridized carbons (Fsp3) is 0.350. The molecular formula is C20H21NO3. The number of nitrogens with one attached hydrogen (secondary N) is 1. The maximum Gasteiger partial charge on any atom is 0.407 e. The molecule has 2 aliphatic carbocycles. The van der Waals surface area contributed by atoms with Gasteiger partial charge in [-0.25, -0.2) is 4.79 Å². The predicted molar refractivity (Wildman–Crippen MR) is 91.9 cm³/mol. The van der Waals surface area contributed by atoms with Gasteiger partial charge in [-0.15, -0.1) is 0 Å². The molecule has 2 aromatic carbocycles. The lowest BCUT2D eigenvalue weighted by molar-refractivity contribution is 0.115. The maximum atomic E-state index is 12.1. The number of hydrogen-bond acceptors (Lipinski definition) is 3. The van der Waals surface area contributed by atoms with Gasteiger partial charge in [-0.1, -0.05) is 48.5 Å². The van der Waals surface area contributed by atoms with Crippen LogP contribution in [0.4, 0.5) is 4.79 Å². The van der Waals surface area contributed by atoms with Crippen molar-refractivity contribution in [3.63, 3.8) is 0 Å². The minimum absolute atomic E-state index is 0.0663. The summed E-state index contributed by atoms with van der Waals surface area (Å²) in [7, 11) is 0. The molecule has 4 heteroatoms. The fourth-order valence-electron chi connectivity index (χ4n) is 3.90. The molecule has 4 nitrogen and oxygen atoms in total. The third-order valence-electron chi connectivity index (χ3n) is 5.13. The molecule has 0 aromatic heterocycles. The molecule has 1 fully saturated rings. The van der Waals surface area contributed by atoms with Crippen LogP contribution in [0.15, 0.2) is 48.5 Å². The minimum Gasteiger partial charge on any atom is -0.449 e. The van der Waals surface area contributed by atoms with Crippen LogP contribution in [-0.4, -0.2) is 30.0 Å². The molecule has 0 heterocycles. The summed E-state index contributed by atoms with van der Waals surface area (Å²) >= 11 is 0. The number of amides is 1. The number of rotatable bonds is 3. The third kappa shape index (κ3) is 2.67. The van der Waals surface area contributed by atoms with E-state index >= 15 is 0 Å². The Morgan fingerprint density at radius 1 is 1.04 bits per heavy atom. The molecule has 124 valence electrons. The van der Waals surface area contributed by atoms with E-state index in [0.717, 1.165) is 19.3 Å². The third-order valence-corrected chi connectivity index (χ3v) is 5.13. The molecule has 0 spiro atoms. The summed E-state index contributed by atoms with van der Waals surface area (Å²) in [6.45, 7) is 0.308. The zero-order valence-corrected chi connectivity index (χ0v) is 13.4. The second kappa shape index (κ2) is 6.29. The highest BCUT2D eigenvalue weighted by atomic mass is 16.5. The van der Waals surface area contributed by atoms with Gasteiger partial charge in [0.15, 0.2) is 0 Å². The van der Waals surface area contributed by atoms with E-state index in [-0.39, 0.29) is 12.0 Å². The second-order valence-corrected chi connectivity index (χ2v) is 6.57. The summed E-state index contributed by atoms with van der Waals surface area (Å²) in [5.74, 6) is 0.0663. The lowest BCUT2D eigenvalue weighted by atomic mass is 9.98. The number of aliphatic hydroxyl groups excluding tert-OH is 1. The molecule has 0 aliphatic heterocycles. The van der Waals surface area contributed by atoms with Crippen LogP contribution < -0.4 is 5.32 Å². The number of benzene rings is 2. The summed E-state index contributed by atoms with van der Waals surface area (Å²) in [4.78, 5) is 12.1. The lowest BCUT2D eigenvalue weighted by Gasteiger charge is -2.18. The number of ether oxygens (including phenoxy) is 1. The monoisotopic (exact) mass is 323 g/mol. The molecule has 2 aliphatic rings. The molecule has 24 heavy (non-hydrogen) atoms. The van der Waals surface area contributed by atoms with Gasteiger partial charge < -0.3 is 15.2 Å². The first-order valence-electron chi connectivity index (χ1n) is 8.53. The van der Waals surface area contributed by atoms with Gasteiger partial charge in [-0.05, 0) is 41.5 Å². The Morgan fingerprint density at radius 3 is 2.25 bits per heavy atom. The van der Waals surface area contributed by atoms with E-state index in [2.05, 4.69) is 29.6 Å². The normalized spacial score (nSPS) is 22.0. The van der Waals surface area contributed by atoms with Crippen molar-refractivity contribution in [2.45, 2.75) is 37.3 Å². The van der Waals surface area contributed by atoms with Crippen molar-refractivity contribution in [1.82, 2.24) is 5.32 Å². The van der Waals surface area contributed by atoms with Crippen LogP contribution in [-0.2, 0) is 4.74 Å². The van der Waals surface area contributed by atoms with Gasteiger partial charge in [0.2, 0.25) is 0 Å². The first-order valence-corrected chi connectivity index (χ1v) is 8.53. The Morgan fingerprint density at radius 2 is 1.67 bits per heavy atom. The molecule has 0 unspecified atom stereocenters. The zero-order chi connectivity index (χ0) is 16.5. The first-order chi connectivity index (χ1) is 11.7. The van der Waals surface area contributed by atoms with Crippen LogP contribution in [0.3, 0.4) is 0 Å². The van der Waals surface area contributed by atoms with Crippen molar-refractivity contribution in [3.05, 3.63) is 59.7 Å². The number of aliphatic hydroxyl groups is 1. The van der Waals surface area contributed by atoms with Gasteiger partial charge in [0.05, 0.1) is 12.1 Å². The summed E-state index contributed by atoms with van der Waals surface area (Å²) in [6.07, 6.45) is 1.60. The van der Waals surface area contributed by atoms with E-state index in [4.69, 9.17) is 4.74 Å². The molecule has 4 rings (SSSR count). The average Bonchev–Trinajstić information content (AvgIpc) is 3.15. The zero-order valence-electron chi connectivity index (χ0n) is 13.4. The molecule has 0 saturated heterocycles. The van der Waals surface area contributed by atoms with Gasteiger partial charge in [0.25, 0.3) is 0 Å². The SMILES string of the molecule is O=C(N[C@@H]1CCC[C@H]1O)OCC1c2ccccc2-c2ccccc21. The summed E-state index contributed by atoms with van der Waals surface area (Å²) in [6, 6.07) is 16.4. The molecule has 0 radical (unpaired) electrons. The van der Waals surface area contributed by atoms with E-state index < -0.39 is 12.2 Å². The summed E-state index contributed by atoms with van der Waals surface area (Å²) in [5, 5.41) is 12.6. The highest BCUT2D eigenvalue weighted by Gasteiger charge is 2.30. The van der Waals surface area contributed by atoms with Crippen LogP contribution in [0.2, 0.25) is 0 Å². The highest BCUT2D eigenvalue weighted by Crippen LogP contribution is 2.44. The Labute approximate surface area is 141 Å². The maximum absolute atomic E-state index is 12.1. The van der Waals surface area contributed by atoms with Gasteiger partial charge in [0, 0.05) is 5.92 Å². The van der Waals surface area contributed by atoms with Crippen molar-refractivity contribution >= 4 is 6.09 Å². The fourth-order valence-corrected chi connectivity index (χ4v) is 3.90. The Hall–Kier alpha value is -2.33. The Bertz CT molecular complexity index is 713. The van der Waals surface area contributed by atoms with Gasteiger partial charge in [0.1, 0.15) is 6.61 Å². The second-order valence-electron chi connectivity index (χ2n) is 6.57. The van der Waals surface area contributed by atoms with Gasteiger partial charge >= 0.3 is 6.09 Å². The first kappa shape index (κ1) is 15.2. The van der Waals surface area contributed by atoms with E-state index in [1.165, 1.54) is 22.3 Å². The lowest BCUT2D eigenvalue weighted by Crippen LogP contribution is -2.40.